The maximum atomic E-state index is 12.9. The van der Waals surface area contributed by atoms with E-state index in [1.807, 2.05) is 0 Å². The zero-order valence-electron chi connectivity index (χ0n) is 16.9. The van der Waals surface area contributed by atoms with Crippen LogP contribution in [-0.2, 0) is 36.1 Å². The Balaban J connectivity index is 1.88. The monoisotopic (exact) mass is 503 g/mol. The molecule has 17 nitrogen and oxygen atoms in total. The van der Waals surface area contributed by atoms with E-state index in [-0.39, 0.29) is 21.8 Å². The van der Waals surface area contributed by atoms with Gasteiger partial charge in [0.1, 0.15) is 18.7 Å². The molecule has 2 aromatic heterocycles. The van der Waals surface area contributed by atoms with Gasteiger partial charge in [-0.25, -0.2) is 14.1 Å². The van der Waals surface area contributed by atoms with Gasteiger partial charge in [0, 0.05) is 11.5 Å². The highest BCUT2D eigenvalue weighted by molar-refractivity contribution is 7.84. The molecule has 2 amide bonds. The lowest BCUT2D eigenvalue weighted by Gasteiger charge is -2.43. The van der Waals surface area contributed by atoms with E-state index < -0.39 is 51.5 Å². The van der Waals surface area contributed by atoms with Gasteiger partial charge < -0.3 is 21.0 Å². The van der Waals surface area contributed by atoms with Crippen LogP contribution in [0.3, 0.4) is 0 Å². The lowest BCUT2D eigenvalue weighted by molar-refractivity contribution is -0.161. The van der Waals surface area contributed by atoms with E-state index in [1.54, 1.807) is 0 Å². The lowest BCUT2D eigenvalue weighted by Crippen LogP contribution is -2.73. The van der Waals surface area contributed by atoms with Crippen LogP contribution in [0.15, 0.2) is 17.8 Å². The minimum absolute atomic E-state index is 0.0377. The number of nitrogens with one attached hydrogen (secondary N) is 1. The number of aliphatic carboxylic acids is 1. The average Bonchev–Trinajstić information content (AvgIpc) is 3.36. The minimum Gasteiger partial charge on any atom is -0.478 e. The number of carbonyl (C=O) groups is 3. The SMILES string of the molecule is CC(C)(O/N=C(\C(=O)N[C@@H]1C(=O)N(S(=O)(=O)O)[C@@H]1Cn1cncn1)c1nsc(N)n1)C(=O)O. The van der Waals surface area contributed by atoms with E-state index in [0.717, 1.165) is 6.33 Å². The molecular formula is C14H17N9O8S2. The summed E-state index contributed by atoms with van der Waals surface area (Å²) in [7, 11) is -4.93. The van der Waals surface area contributed by atoms with Crippen molar-refractivity contribution in [3.63, 3.8) is 0 Å². The summed E-state index contributed by atoms with van der Waals surface area (Å²) < 4.78 is 37.7. The van der Waals surface area contributed by atoms with Crippen molar-refractivity contribution < 1.29 is 37.3 Å². The van der Waals surface area contributed by atoms with E-state index in [1.165, 1.54) is 24.9 Å². The number of carboxylic acid groups (broad SMARTS) is 1. The van der Waals surface area contributed by atoms with E-state index in [9.17, 15) is 27.4 Å². The molecule has 0 bridgehead atoms. The van der Waals surface area contributed by atoms with Crippen molar-refractivity contribution in [3.05, 3.63) is 18.5 Å². The topological polar surface area (TPSA) is 245 Å². The van der Waals surface area contributed by atoms with Crippen LogP contribution in [0.25, 0.3) is 0 Å². The van der Waals surface area contributed by atoms with E-state index in [0.29, 0.717) is 11.5 Å². The van der Waals surface area contributed by atoms with Crippen LogP contribution >= 0.6 is 11.5 Å². The number of oxime groups is 1. The fraction of sp³-hybridized carbons (Fsp3) is 0.429. The number of nitrogens with two attached hydrogens (primary N) is 1. The summed E-state index contributed by atoms with van der Waals surface area (Å²) in [6.07, 6.45) is 2.40. The second-order valence-corrected chi connectivity index (χ2v) is 9.12. The molecule has 1 aliphatic heterocycles. The summed E-state index contributed by atoms with van der Waals surface area (Å²) in [6.45, 7) is 2.10. The van der Waals surface area contributed by atoms with Gasteiger partial charge in [0.15, 0.2) is 5.13 Å². The zero-order valence-corrected chi connectivity index (χ0v) is 18.5. The summed E-state index contributed by atoms with van der Waals surface area (Å²) in [5, 5.41) is 18.7. The average molecular weight is 503 g/mol. The predicted octanol–water partition coefficient (Wildman–Crippen LogP) is -2.51. The van der Waals surface area contributed by atoms with Crippen molar-refractivity contribution in [3.8, 4) is 0 Å². The van der Waals surface area contributed by atoms with Gasteiger partial charge in [0.2, 0.25) is 17.1 Å². The molecule has 178 valence electrons. The number of hydrogen-bond donors (Lipinski definition) is 4. The summed E-state index contributed by atoms with van der Waals surface area (Å²) in [5.74, 6) is -3.93. The summed E-state index contributed by atoms with van der Waals surface area (Å²) in [6, 6.07) is -2.69. The molecule has 0 saturated carbocycles. The number of hydrogen-bond acceptors (Lipinski definition) is 13. The Morgan fingerprint density at radius 2 is 2.12 bits per heavy atom. The summed E-state index contributed by atoms with van der Waals surface area (Å²) >= 11 is 0.714. The molecular weight excluding hydrogens is 486 g/mol. The Bertz CT molecular complexity index is 1210. The highest BCUT2D eigenvalue weighted by Crippen LogP contribution is 2.25. The van der Waals surface area contributed by atoms with Crippen LogP contribution in [-0.4, -0.2) is 87.7 Å². The number of carboxylic acids is 1. The molecule has 1 aliphatic rings. The second kappa shape index (κ2) is 8.67. The van der Waals surface area contributed by atoms with Gasteiger partial charge in [-0.1, -0.05) is 5.16 Å². The van der Waals surface area contributed by atoms with Crippen molar-refractivity contribution in [2.45, 2.75) is 38.1 Å². The minimum atomic E-state index is -4.93. The Morgan fingerprint density at radius 3 is 2.64 bits per heavy atom. The van der Waals surface area contributed by atoms with Crippen molar-refractivity contribution in [1.82, 2.24) is 33.7 Å². The number of rotatable bonds is 9. The Kier molecular flexibility index (Phi) is 6.29. The van der Waals surface area contributed by atoms with Crippen LogP contribution in [0, 0.1) is 0 Å². The standard InChI is InChI=1S/C14H17N9O8S2/c1-14(2,12(26)27)31-20-8(9-19-13(15)32-21-9)10(24)18-7-6(3-22-5-16-4-17-22)23(11(7)25)33(28,29)30/h4-7H,3H2,1-2H3,(H,18,24)(H,26,27)(H2,15,19,21)(H,28,29,30)/b20-8-/t6-,7+/m1/s1. The number of amides is 2. The first-order chi connectivity index (χ1) is 15.3. The molecule has 19 heteroatoms. The molecule has 5 N–H and O–H groups in total. The van der Waals surface area contributed by atoms with E-state index in [4.69, 9.17) is 15.7 Å². The Morgan fingerprint density at radius 1 is 1.42 bits per heavy atom. The number of β-lactam (4-membered cyclic amide) rings is 1. The summed E-state index contributed by atoms with van der Waals surface area (Å²) in [4.78, 5) is 49.0. The largest absolute Gasteiger partial charge is 0.478 e. The normalized spacial score (nSPS) is 19.2. The first-order valence-electron chi connectivity index (χ1n) is 8.84. The molecule has 2 atom stereocenters. The number of aromatic nitrogens is 5. The van der Waals surface area contributed by atoms with Gasteiger partial charge in [0.25, 0.3) is 11.8 Å². The number of nitrogens with zero attached hydrogens (tertiary/aromatic N) is 7. The summed E-state index contributed by atoms with van der Waals surface area (Å²) in [5.41, 5.74) is 3.07. The molecule has 0 spiro atoms. The molecule has 1 saturated heterocycles. The number of carbonyl (C=O) groups excluding carboxylic acids is 2. The first-order valence-corrected chi connectivity index (χ1v) is 11.0. The smallest absolute Gasteiger partial charge is 0.362 e. The fourth-order valence-electron chi connectivity index (χ4n) is 2.58. The molecule has 0 aromatic carbocycles. The zero-order chi connectivity index (χ0) is 24.6. The third kappa shape index (κ3) is 5.04. The molecule has 0 unspecified atom stereocenters. The van der Waals surface area contributed by atoms with Crippen LogP contribution in [0.4, 0.5) is 5.13 Å². The molecule has 3 rings (SSSR count). The third-order valence-corrected chi connectivity index (χ3v) is 5.78. The maximum Gasteiger partial charge on any atom is 0.362 e. The van der Waals surface area contributed by atoms with Crippen molar-refractivity contribution in [2.24, 2.45) is 5.16 Å². The maximum absolute atomic E-state index is 12.9. The van der Waals surface area contributed by atoms with Crippen molar-refractivity contribution in [2.75, 3.05) is 5.73 Å². The van der Waals surface area contributed by atoms with Crippen LogP contribution < -0.4 is 11.1 Å². The lowest BCUT2D eigenvalue weighted by atomic mass is 9.98. The van der Waals surface area contributed by atoms with Gasteiger partial charge >= 0.3 is 16.3 Å². The van der Waals surface area contributed by atoms with Crippen molar-refractivity contribution >= 4 is 50.5 Å². The number of nitrogen functional groups attached to an aromatic ring is 1. The second-order valence-electron chi connectivity index (χ2n) is 7.05. The molecule has 0 radical (unpaired) electrons. The van der Waals surface area contributed by atoms with Crippen LogP contribution in [0.5, 0.6) is 0 Å². The third-order valence-electron chi connectivity index (χ3n) is 4.29. The highest BCUT2D eigenvalue weighted by atomic mass is 32.2. The Labute approximate surface area is 189 Å². The van der Waals surface area contributed by atoms with Crippen molar-refractivity contribution in [1.29, 1.82) is 0 Å². The fourth-order valence-corrected chi connectivity index (χ4v) is 3.89. The molecule has 3 heterocycles. The number of anilines is 1. The Hall–Kier alpha value is -3.71. The molecule has 1 fully saturated rings. The van der Waals surface area contributed by atoms with Crippen LogP contribution in [0.2, 0.25) is 0 Å². The van der Waals surface area contributed by atoms with Gasteiger partial charge in [0.05, 0.1) is 12.6 Å². The quantitative estimate of drug-likeness (QED) is 0.120. The van der Waals surface area contributed by atoms with E-state index >= 15 is 0 Å². The first kappa shape index (κ1) is 23.9. The van der Waals surface area contributed by atoms with Crippen LogP contribution in [0.1, 0.15) is 19.7 Å². The molecule has 33 heavy (non-hydrogen) atoms. The highest BCUT2D eigenvalue weighted by Gasteiger charge is 2.54. The van der Waals surface area contributed by atoms with Gasteiger partial charge in [-0.2, -0.15) is 22.9 Å². The van der Waals surface area contributed by atoms with Gasteiger partial charge in [-0.15, -0.1) is 0 Å². The predicted molar refractivity (Wildman–Crippen MR) is 108 cm³/mol. The van der Waals surface area contributed by atoms with E-state index in [2.05, 4.69) is 29.9 Å². The molecule has 0 aliphatic carbocycles. The molecule has 2 aromatic rings. The van der Waals surface area contributed by atoms with Gasteiger partial charge in [-0.05, 0) is 13.8 Å². The van der Waals surface area contributed by atoms with Gasteiger partial charge in [-0.3, -0.25) is 18.8 Å².